The summed E-state index contributed by atoms with van der Waals surface area (Å²) in [7, 11) is 0. The van der Waals surface area contributed by atoms with Crippen LogP contribution in [-0.2, 0) is 14.3 Å². The zero-order chi connectivity index (χ0) is 28.9. The first kappa shape index (κ1) is 28.6. The number of anilines is 1. The van der Waals surface area contributed by atoms with E-state index in [0.29, 0.717) is 43.2 Å². The van der Waals surface area contributed by atoms with Crippen LogP contribution < -0.4 is 4.90 Å². The van der Waals surface area contributed by atoms with Crippen molar-refractivity contribution in [3.05, 3.63) is 42.0 Å². The molecular weight excluding hydrogens is 530 g/mol. The molecule has 10 heteroatoms. The highest BCUT2D eigenvalue weighted by Crippen LogP contribution is 2.42. The Morgan fingerprint density at radius 3 is 2.35 bits per heavy atom. The Balaban J connectivity index is 1.34. The number of cyclic esters (lactones) is 1. The van der Waals surface area contributed by atoms with Crippen LogP contribution in [-0.4, -0.2) is 88.4 Å². The lowest BCUT2D eigenvalue weighted by atomic mass is 9.90. The SMILES string of the molecule is CC1(C)CC2(CN(C3CCN(C(=O)c4cc(-c5ccccc5)sc4N(C(=O)O)C(C)(C)C)CC3)CCO2)C(=O)O1. The Morgan fingerprint density at radius 2 is 1.77 bits per heavy atom. The molecule has 0 radical (unpaired) electrons. The van der Waals surface area contributed by atoms with E-state index in [1.54, 1.807) is 0 Å². The van der Waals surface area contributed by atoms with E-state index in [1.165, 1.54) is 16.2 Å². The monoisotopic (exact) mass is 569 g/mol. The molecule has 5 rings (SSSR count). The number of thiophene rings is 1. The number of rotatable bonds is 4. The van der Waals surface area contributed by atoms with Crippen molar-refractivity contribution in [2.75, 3.05) is 37.7 Å². The summed E-state index contributed by atoms with van der Waals surface area (Å²) in [6.07, 6.45) is 0.988. The highest BCUT2D eigenvalue weighted by Gasteiger charge is 2.56. The van der Waals surface area contributed by atoms with E-state index >= 15 is 0 Å². The van der Waals surface area contributed by atoms with Crippen LogP contribution in [0.1, 0.15) is 64.2 Å². The van der Waals surface area contributed by atoms with E-state index in [9.17, 15) is 19.5 Å². The Morgan fingerprint density at radius 1 is 1.10 bits per heavy atom. The third-order valence-electron chi connectivity index (χ3n) is 8.00. The van der Waals surface area contributed by atoms with Crippen LogP contribution in [0.2, 0.25) is 0 Å². The van der Waals surface area contributed by atoms with E-state index in [-0.39, 0.29) is 17.9 Å². The summed E-state index contributed by atoms with van der Waals surface area (Å²) in [4.78, 5) is 45.4. The predicted molar refractivity (Wildman–Crippen MR) is 154 cm³/mol. The molecule has 0 aliphatic carbocycles. The lowest BCUT2D eigenvalue weighted by Crippen LogP contribution is -2.59. The van der Waals surface area contributed by atoms with Crippen molar-refractivity contribution in [2.24, 2.45) is 0 Å². The van der Waals surface area contributed by atoms with Gasteiger partial charge in [0, 0.05) is 49.1 Å². The number of esters is 1. The molecule has 1 atom stereocenters. The molecule has 3 saturated heterocycles. The van der Waals surface area contributed by atoms with Crippen LogP contribution in [0.25, 0.3) is 10.4 Å². The van der Waals surface area contributed by atoms with Crippen LogP contribution in [0.15, 0.2) is 36.4 Å². The topological polar surface area (TPSA) is 99.6 Å². The maximum Gasteiger partial charge on any atom is 0.412 e. The van der Waals surface area contributed by atoms with Crippen LogP contribution >= 0.6 is 11.3 Å². The molecule has 9 nitrogen and oxygen atoms in total. The molecule has 0 bridgehead atoms. The van der Waals surface area contributed by atoms with Gasteiger partial charge in [0.15, 0.2) is 5.60 Å². The number of hydrogen-bond acceptors (Lipinski definition) is 7. The second-order valence-corrected chi connectivity index (χ2v) is 13.7. The summed E-state index contributed by atoms with van der Waals surface area (Å²) in [5.74, 6) is -0.433. The number of amides is 2. The quantitative estimate of drug-likeness (QED) is 0.512. The highest BCUT2D eigenvalue weighted by molar-refractivity contribution is 7.20. The molecule has 0 saturated carbocycles. The number of carbonyl (C=O) groups excluding carboxylic acids is 2. The molecule has 1 unspecified atom stereocenters. The Labute approximate surface area is 239 Å². The van der Waals surface area contributed by atoms with Crippen molar-refractivity contribution in [2.45, 2.75) is 76.7 Å². The maximum atomic E-state index is 13.9. The molecule has 2 amide bonds. The number of carbonyl (C=O) groups is 3. The highest BCUT2D eigenvalue weighted by atomic mass is 32.1. The molecule has 1 N–H and O–H groups in total. The van der Waals surface area contributed by atoms with Crippen molar-refractivity contribution in [3.63, 3.8) is 0 Å². The number of likely N-dealkylation sites (tertiary alicyclic amines) is 1. The Hall–Kier alpha value is -2.95. The van der Waals surface area contributed by atoms with Crippen LogP contribution in [0, 0.1) is 0 Å². The molecule has 1 spiro atoms. The van der Waals surface area contributed by atoms with Gasteiger partial charge in [-0.25, -0.2) is 9.59 Å². The van der Waals surface area contributed by atoms with Crippen molar-refractivity contribution < 1.29 is 29.0 Å². The second kappa shape index (κ2) is 10.5. The molecule has 4 heterocycles. The van der Waals surface area contributed by atoms with Crippen molar-refractivity contribution in [1.29, 1.82) is 0 Å². The first-order valence-corrected chi connectivity index (χ1v) is 14.7. The molecule has 216 valence electrons. The molecular formula is C30H39N3O6S. The number of benzene rings is 1. The van der Waals surface area contributed by atoms with Gasteiger partial charge in [-0.2, -0.15) is 0 Å². The van der Waals surface area contributed by atoms with E-state index in [4.69, 9.17) is 9.47 Å². The third-order valence-corrected chi connectivity index (χ3v) is 9.17. The number of nitrogens with zero attached hydrogens (tertiary/aromatic N) is 3. The predicted octanol–water partition coefficient (Wildman–Crippen LogP) is 5.10. The van der Waals surface area contributed by atoms with Gasteiger partial charge in [-0.3, -0.25) is 14.6 Å². The minimum absolute atomic E-state index is 0.151. The molecule has 3 fully saturated rings. The average molecular weight is 570 g/mol. The maximum absolute atomic E-state index is 13.9. The van der Waals surface area contributed by atoms with Gasteiger partial charge in [0.2, 0.25) is 0 Å². The van der Waals surface area contributed by atoms with E-state index in [0.717, 1.165) is 29.8 Å². The summed E-state index contributed by atoms with van der Waals surface area (Å²) in [5, 5.41) is 10.6. The number of morpholine rings is 1. The minimum Gasteiger partial charge on any atom is -0.465 e. The smallest absolute Gasteiger partial charge is 0.412 e. The van der Waals surface area contributed by atoms with Crippen LogP contribution in [0.3, 0.4) is 0 Å². The van der Waals surface area contributed by atoms with E-state index in [1.807, 2.05) is 75.9 Å². The minimum atomic E-state index is -1.09. The van der Waals surface area contributed by atoms with Gasteiger partial charge in [0.05, 0.1) is 12.2 Å². The van der Waals surface area contributed by atoms with E-state index < -0.39 is 22.8 Å². The van der Waals surface area contributed by atoms with Gasteiger partial charge < -0.3 is 19.5 Å². The van der Waals surface area contributed by atoms with Gasteiger partial charge in [0.25, 0.3) is 5.91 Å². The average Bonchev–Trinajstić information content (AvgIpc) is 3.40. The standard InChI is InChI=1S/C30H39N3O6S/c1-28(2,3)33(27(36)37)25-22(17-23(40-25)20-9-7-6-8-10-20)24(34)31-13-11-21(12-14-31)32-15-16-38-30(19-32)18-29(4,5)39-26(30)35/h6-10,17,21H,11-16,18-19H2,1-5H3,(H,36,37). The molecule has 2 aromatic rings. The summed E-state index contributed by atoms with van der Waals surface area (Å²) >= 11 is 1.33. The molecule has 1 aromatic carbocycles. The molecule has 3 aliphatic heterocycles. The van der Waals surface area contributed by atoms with Gasteiger partial charge in [-0.15, -0.1) is 11.3 Å². The van der Waals surface area contributed by atoms with Gasteiger partial charge in [-0.05, 0) is 59.1 Å². The molecule has 40 heavy (non-hydrogen) atoms. The van der Waals surface area contributed by atoms with Crippen LogP contribution in [0.5, 0.6) is 0 Å². The Kier molecular flexibility index (Phi) is 7.48. The lowest BCUT2D eigenvalue weighted by Gasteiger charge is -2.44. The molecule has 1 aromatic heterocycles. The van der Waals surface area contributed by atoms with Gasteiger partial charge in [-0.1, -0.05) is 30.3 Å². The molecule has 3 aliphatic rings. The summed E-state index contributed by atoms with van der Waals surface area (Å²) < 4.78 is 11.6. The zero-order valence-electron chi connectivity index (χ0n) is 23.9. The number of carboxylic acid groups (broad SMARTS) is 1. The van der Waals surface area contributed by atoms with Crippen LogP contribution in [0.4, 0.5) is 9.80 Å². The lowest BCUT2D eigenvalue weighted by molar-refractivity contribution is -0.172. The van der Waals surface area contributed by atoms with Crippen molar-refractivity contribution >= 4 is 34.3 Å². The van der Waals surface area contributed by atoms with Gasteiger partial charge >= 0.3 is 12.1 Å². The fourth-order valence-electron chi connectivity index (χ4n) is 6.22. The summed E-state index contributed by atoms with van der Waals surface area (Å²) in [6, 6.07) is 11.8. The van der Waals surface area contributed by atoms with Gasteiger partial charge in [0.1, 0.15) is 10.6 Å². The first-order valence-electron chi connectivity index (χ1n) is 13.9. The second-order valence-electron chi connectivity index (χ2n) is 12.6. The number of ether oxygens (including phenoxy) is 2. The Bertz CT molecular complexity index is 1280. The van der Waals surface area contributed by atoms with Crippen molar-refractivity contribution in [3.8, 4) is 10.4 Å². The number of hydrogen-bond donors (Lipinski definition) is 1. The third kappa shape index (κ3) is 5.49. The fraction of sp³-hybridized carbons (Fsp3) is 0.567. The first-order chi connectivity index (χ1) is 18.8. The fourth-order valence-corrected chi connectivity index (χ4v) is 7.56. The zero-order valence-corrected chi connectivity index (χ0v) is 24.8. The van der Waals surface area contributed by atoms with Crippen molar-refractivity contribution in [1.82, 2.24) is 9.80 Å². The largest absolute Gasteiger partial charge is 0.465 e. The summed E-state index contributed by atoms with van der Waals surface area (Å²) in [6.45, 7) is 12.2. The normalized spacial score (nSPS) is 23.8. The number of piperidine rings is 1. The summed E-state index contributed by atoms with van der Waals surface area (Å²) in [5.41, 5.74) is -0.818. The van der Waals surface area contributed by atoms with E-state index in [2.05, 4.69) is 4.90 Å².